The molecule has 1 saturated carbocycles. The minimum atomic E-state index is 0.0855. The molecule has 0 aliphatic heterocycles. The maximum Gasteiger partial charge on any atom is 0.161 e. The quantitative estimate of drug-likeness (QED) is 0.825. The highest BCUT2D eigenvalue weighted by molar-refractivity contribution is 5.44. The van der Waals surface area contributed by atoms with E-state index in [4.69, 9.17) is 15.2 Å². The van der Waals surface area contributed by atoms with Crippen molar-refractivity contribution in [3.63, 3.8) is 0 Å². The van der Waals surface area contributed by atoms with Crippen molar-refractivity contribution in [1.82, 2.24) is 0 Å². The standard InChI is InChI=1S/C21H27NO2/c1-23-20-14-18(21(22)17-10-6-3-7-11-17)12-13-19(20)24-15-16-8-4-2-5-9-16/h2,4-5,8-9,12-14,17,21H,3,6-7,10-11,15,22H2,1H3/t21-/m1/s1. The number of benzene rings is 2. The van der Waals surface area contributed by atoms with Gasteiger partial charge >= 0.3 is 0 Å². The molecule has 0 unspecified atom stereocenters. The van der Waals surface area contributed by atoms with Crippen molar-refractivity contribution in [2.24, 2.45) is 11.7 Å². The van der Waals surface area contributed by atoms with Crippen LogP contribution in [-0.4, -0.2) is 7.11 Å². The molecule has 0 aromatic heterocycles. The minimum absolute atomic E-state index is 0.0855. The van der Waals surface area contributed by atoms with E-state index in [0.29, 0.717) is 12.5 Å². The van der Waals surface area contributed by atoms with Crippen molar-refractivity contribution >= 4 is 0 Å². The summed E-state index contributed by atoms with van der Waals surface area (Å²) in [5, 5.41) is 0. The van der Waals surface area contributed by atoms with E-state index in [0.717, 1.165) is 22.6 Å². The average molecular weight is 325 g/mol. The molecule has 128 valence electrons. The molecule has 0 saturated heterocycles. The Morgan fingerprint density at radius 2 is 1.75 bits per heavy atom. The topological polar surface area (TPSA) is 44.5 Å². The summed E-state index contributed by atoms with van der Waals surface area (Å²) in [6.45, 7) is 0.533. The lowest BCUT2D eigenvalue weighted by molar-refractivity contribution is 0.282. The molecule has 2 aromatic rings. The molecule has 2 N–H and O–H groups in total. The predicted octanol–water partition coefficient (Wildman–Crippen LogP) is 4.85. The van der Waals surface area contributed by atoms with Crippen LogP contribution in [0.3, 0.4) is 0 Å². The predicted molar refractivity (Wildman–Crippen MR) is 97.3 cm³/mol. The second-order valence-electron chi connectivity index (χ2n) is 6.61. The van der Waals surface area contributed by atoms with Crippen LogP contribution in [0.1, 0.15) is 49.3 Å². The Morgan fingerprint density at radius 3 is 2.46 bits per heavy atom. The van der Waals surface area contributed by atoms with Gasteiger partial charge in [-0.15, -0.1) is 0 Å². The molecule has 0 bridgehead atoms. The second kappa shape index (κ2) is 8.20. The first kappa shape index (κ1) is 16.8. The Morgan fingerprint density at radius 1 is 1.00 bits per heavy atom. The lowest BCUT2D eigenvalue weighted by Crippen LogP contribution is -2.23. The Balaban J connectivity index is 1.70. The maximum atomic E-state index is 6.51. The summed E-state index contributed by atoms with van der Waals surface area (Å²) in [7, 11) is 1.68. The fourth-order valence-corrected chi connectivity index (χ4v) is 3.51. The fraction of sp³-hybridized carbons (Fsp3) is 0.429. The van der Waals surface area contributed by atoms with Crippen LogP contribution in [-0.2, 0) is 6.61 Å². The first-order chi connectivity index (χ1) is 11.8. The van der Waals surface area contributed by atoms with Gasteiger partial charge in [0, 0.05) is 6.04 Å². The number of methoxy groups -OCH3 is 1. The number of hydrogen-bond donors (Lipinski definition) is 1. The van der Waals surface area contributed by atoms with Crippen molar-refractivity contribution in [2.75, 3.05) is 7.11 Å². The van der Waals surface area contributed by atoms with E-state index in [1.165, 1.54) is 32.1 Å². The number of rotatable bonds is 6. The highest BCUT2D eigenvalue weighted by Gasteiger charge is 2.22. The summed E-state index contributed by atoms with van der Waals surface area (Å²) in [5.41, 5.74) is 8.80. The van der Waals surface area contributed by atoms with Crippen LogP contribution in [0.15, 0.2) is 48.5 Å². The van der Waals surface area contributed by atoms with Crippen LogP contribution in [0, 0.1) is 5.92 Å². The second-order valence-corrected chi connectivity index (χ2v) is 6.61. The fourth-order valence-electron chi connectivity index (χ4n) is 3.51. The lowest BCUT2D eigenvalue weighted by Gasteiger charge is -2.28. The van der Waals surface area contributed by atoms with Gasteiger partial charge in [-0.3, -0.25) is 0 Å². The highest BCUT2D eigenvalue weighted by Crippen LogP contribution is 2.36. The summed E-state index contributed by atoms with van der Waals surface area (Å²) >= 11 is 0. The van der Waals surface area contributed by atoms with Crippen molar-refractivity contribution in [2.45, 2.75) is 44.8 Å². The first-order valence-electron chi connectivity index (χ1n) is 8.88. The van der Waals surface area contributed by atoms with E-state index in [1.54, 1.807) is 7.11 Å². The van der Waals surface area contributed by atoms with E-state index >= 15 is 0 Å². The molecule has 1 aliphatic rings. The third kappa shape index (κ3) is 4.09. The number of nitrogens with two attached hydrogens (primary N) is 1. The molecule has 0 radical (unpaired) electrons. The maximum absolute atomic E-state index is 6.51. The molecule has 2 aromatic carbocycles. The van der Waals surface area contributed by atoms with Gasteiger partial charge in [0.15, 0.2) is 11.5 Å². The van der Waals surface area contributed by atoms with Crippen LogP contribution < -0.4 is 15.2 Å². The van der Waals surface area contributed by atoms with Gasteiger partial charge < -0.3 is 15.2 Å². The highest BCUT2D eigenvalue weighted by atomic mass is 16.5. The Kier molecular flexibility index (Phi) is 5.76. The van der Waals surface area contributed by atoms with Gasteiger partial charge in [-0.1, -0.05) is 55.7 Å². The monoisotopic (exact) mass is 325 g/mol. The van der Waals surface area contributed by atoms with Crippen LogP contribution in [0.5, 0.6) is 11.5 Å². The Labute approximate surface area is 144 Å². The van der Waals surface area contributed by atoms with Crippen molar-refractivity contribution < 1.29 is 9.47 Å². The normalized spacial score (nSPS) is 16.6. The largest absolute Gasteiger partial charge is 0.493 e. The van der Waals surface area contributed by atoms with Crippen LogP contribution in [0.4, 0.5) is 0 Å². The summed E-state index contributed by atoms with van der Waals surface area (Å²) in [5.74, 6) is 2.11. The van der Waals surface area contributed by atoms with E-state index in [2.05, 4.69) is 18.2 Å². The van der Waals surface area contributed by atoms with Gasteiger partial charge in [0.25, 0.3) is 0 Å². The van der Waals surface area contributed by atoms with Gasteiger partial charge in [0.05, 0.1) is 7.11 Å². The summed E-state index contributed by atoms with van der Waals surface area (Å²) in [6.07, 6.45) is 6.41. The molecule has 3 heteroatoms. The van der Waals surface area contributed by atoms with E-state index < -0.39 is 0 Å². The van der Waals surface area contributed by atoms with E-state index in [1.807, 2.05) is 30.3 Å². The van der Waals surface area contributed by atoms with Crippen molar-refractivity contribution in [3.8, 4) is 11.5 Å². The smallest absolute Gasteiger partial charge is 0.161 e. The number of ether oxygens (including phenoxy) is 2. The summed E-state index contributed by atoms with van der Waals surface area (Å²) < 4.78 is 11.5. The Bertz CT molecular complexity index is 636. The molecular formula is C21H27NO2. The summed E-state index contributed by atoms with van der Waals surface area (Å²) in [4.78, 5) is 0. The molecular weight excluding hydrogens is 298 g/mol. The van der Waals surface area contributed by atoms with Crippen LogP contribution >= 0.6 is 0 Å². The third-order valence-electron chi connectivity index (χ3n) is 4.97. The third-order valence-corrected chi connectivity index (χ3v) is 4.97. The number of hydrogen-bond acceptors (Lipinski definition) is 3. The van der Waals surface area contributed by atoms with Crippen molar-refractivity contribution in [1.29, 1.82) is 0 Å². The molecule has 1 aliphatic carbocycles. The van der Waals surface area contributed by atoms with Gasteiger partial charge in [-0.05, 0) is 42.0 Å². The van der Waals surface area contributed by atoms with E-state index in [9.17, 15) is 0 Å². The van der Waals surface area contributed by atoms with E-state index in [-0.39, 0.29) is 6.04 Å². The SMILES string of the molecule is COc1cc([C@H](N)C2CCCCC2)ccc1OCc1ccccc1. The lowest BCUT2D eigenvalue weighted by atomic mass is 9.81. The Hall–Kier alpha value is -2.00. The van der Waals surface area contributed by atoms with Crippen LogP contribution in [0.2, 0.25) is 0 Å². The molecule has 0 heterocycles. The average Bonchev–Trinajstić information content (AvgIpc) is 2.67. The minimum Gasteiger partial charge on any atom is -0.493 e. The molecule has 24 heavy (non-hydrogen) atoms. The molecule has 1 atom stereocenters. The van der Waals surface area contributed by atoms with Crippen LogP contribution in [0.25, 0.3) is 0 Å². The zero-order valence-electron chi connectivity index (χ0n) is 14.4. The first-order valence-corrected chi connectivity index (χ1v) is 8.88. The van der Waals surface area contributed by atoms with Gasteiger partial charge in [-0.2, -0.15) is 0 Å². The zero-order valence-corrected chi connectivity index (χ0v) is 14.4. The van der Waals surface area contributed by atoms with Gasteiger partial charge in [0.2, 0.25) is 0 Å². The molecule has 0 spiro atoms. The summed E-state index contributed by atoms with van der Waals surface area (Å²) in [6, 6.07) is 16.3. The zero-order chi connectivity index (χ0) is 16.8. The molecule has 0 amide bonds. The molecule has 3 nitrogen and oxygen atoms in total. The molecule has 3 rings (SSSR count). The van der Waals surface area contributed by atoms with Gasteiger partial charge in [0.1, 0.15) is 6.61 Å². The molecule has 1 fully saturated rings. The van der Waals surface area contributed by atoms with Gasteiger partial charge in [-0.25, -0.2) is 0 Å². The van der Waals surface area contributed by atoms with Crippen molar-refractivity contribution in [3.05, 3.63) is 59.7 Å².